The number of nitrogen functional groups attached to an aromatic ring is 1. The number of carbonyl (C=O) groups excluding carboxylic acids is 2. The van der Waals surface area contributed by atoms with Gasteiger partial charge in [0.25, 0.3) is 0 Å². The monoisotopic (exact) mass is 514 g/mol. The van der Waals surface area contributed by atoms with Crippen molar-refractivity contribution in [2.24, 2.45) is 5.73 Å². The molecule has 0 saturated carbocycles. The number of rotatable bonds is 12. The summed E-state index contributed by atoms with van der Waals surface area (Å²) in [4.78, 5) is 28.1. The highest BCUT2D eigenvalue weighted by atomic mass is 32.1. The maximum Gasteiger partial charge on any atom is 0.243 e. The van der Waals surface area contributed by atoms with E-state index in [-0.39, 0.29) is 43.5 Å². The molecule has 36 heavy (non-hydrogen) atoms. The Morgan fingerprint density at radius 1 is 1.14 bits per heavy atom. The zero-order valence-electron chi connectivity index (χ0n) is 19.8. The van der Waals surface area contributed by atoms with Crippen LogP contribution < -0.4 is 15.8 Å². The van der Waals surface area contributed by atoms with Crippen LogP contribution in [0.2, 0.25) is 0 Å². The Morgan fingerprint density at radius 3 is 2.33 bits per heavy atom. The maximum absolute atomic E-state index is 13.3. The number of halogens is 2. The molecule has 0 spiro atoms. The Balaban J connectivity index is 1.61. The van der Waals surface area contributed by atoms with Crippen LogP contribution in [0.3, 0.4) is 0 Å². The summed E-state index contributed by atoms with van der Waals surface area (Å²) in [5, 5.41) is 12.0. The van der Waals surface area contributed by atoms with Crippen molar-refractivity contribution in [3.8, 4) is 11.5 Å². The molecule has 4 N–H and O–H groups in total. The van der Waals surface area contributed by atoms with Crippen LogP contribution in [0, 0.1) is 11.2 Å². The van der Waals surface area contributed by atoms with Crippen molar-refractivity contribution in [2.75, 3.05) is 13.2 Å². The number of likely N-dealkylation sites (N-methyl/N-ethyl adjacent to an activating group) is 1. The Hall–Kier alpha value is -3.79. The number of ether oxygens (including phenoxy) is 1. The van der Waals surface area contributed by atoms with Crippen molar-refractivity contribution < 1.29 is 23.1 Å². The van der Waals surface area contributed by atoms with Gasteiger partial charge in [0.15, 0.2) is 0 Å². The molecular weight excluding hydrogens is 486 g/mol. The van der Waals surface area contributed by atoms with Crippen molar-refractivity contribution in [2.45, 2.75) is 32.4 Å². The highest BCUT2D eigenvalue weighted by Crippen LogP contribution is 2.22. The van der Waals surface area contributed by atoms with Crippen LogP contribution in [-0.2, 0) is 22.6 Å². The first-order valence-corrected chi connectivity index (χ1v) is 12.3. The number of hydrogen-bond acceptors (Lipinski definition) is 5. The van der Waals surface area contributed by atoms with Crippen LogP contribution in [0.5, 0.6) is 11.5 Å². The Morgan fingerprint density at radius 2 is 1.78 bits per heavy atom. The summed E-state index contributed by atoms with van der Waals surface area (Å²) in [5.74, 6) is -0.141. The summed E-state index contributed by atoms with van der Waals surface area (Å²) in [5.41, 5.74) is 6.75. The molecule has 0 saturated heterocycles. The summed E-state index contributed by atoms with van der Waals surface area (Å²) in [7, 11) is 0. The second-order valence-electron chi connectivity index (χ2n) is 7.98. The predicted molar refractivity (Wildman–Crippen MR) is 136 cm³/mol. The number of thiophene rings is 1. The van der Waals surface area contributed by atoms with Crippen molar-refractivity contribution in [3.05, 3.63) is 81.8 Å². The summed E-state index contributed by atoms with van der Waals surface area (Å²) < 4.78 is 32.0. The van der Waals surface area contributed by atoms with Crippen molar-refractivity contribution in [1.29, 1.82) is 5.41 Å². The first-order valence-electron chi connectivity index (χ1n) is 11.4. The normalized spacial score (nSPS) is 11.5. The number of nitrogens with zero attached hydrogens (tertiary/aromatic N) is 1. The molecule has 7 nitrogen and oxygen atoms in total. The van der Waals surface area contributed by atoms with Gasteiger partial charge in [-0.3, -0.25) is 19.4 Å². The molecule has 0 bridgehead atoms. The maximum atomic E-state index is 13.3. The molecule has 190 valence electrons. The summed E-state index contributed by atoms with van der Waals surface area (Å²) in [6, 6.07) is 13.3. The average Bonchev–Trinajstić information content (AvgIpc) is 3.35. The van der Waals surface area contributed by atoms with Crippen LogP contribution in [-0.4, -0.2) is 41.8 Å². The number of carbonyl (C=O) groups is 2. The minimum Gasteiger partial charge on any atom is -0.457 e. The third-order valence-corrected chi connectivity index (χ3v) is 6.39. The smallest absolute Gasteiger partial charge is 0.243 e. The van der Waals surface area contributed by atoms with Gasteiger partial charge in [0.1, 0.15) is 29.2 Å². The van der Waals surface area contributed by atoms with Crippen molar-refractivity contribution >= 4 is 29.0 Å². The molecule has 0 aliphatic carbocycles. The summed E-state index contributed by atoms with van der Waals surface area (Å²) in [6.07, 6.45) is -0.0768. The minimum atomic E-state index is -0.944. The van der Waals surface area contributed by atoms with Crippen LogP contribution >= 0.6 is 11.3 Å². The van der Waals surface area contributed by atoms with E-state index in [1.807, 2.05) is 0 Å². The van der Waals surface area contributed by atoms with Gasteiger partial charge in [-0.15, -0.1) is 11.3 Å². The second kappa shape index (κ2) is 12.8. The fourth-order valence-electron chi connectivity index (χ4n) is 3.60. The van der Waals surface area contributed by atoms with E-state index in [2.05, 4.69) is 5.32 Å². The molecule has 1 heterocycles. The van der Waals surface area contributed by atoms with E-state index in [1.165, 1.54) is 40.5 Å². The number of alkyl halides is 1. The van der Waals surface area contributed by atoms with Gasteiger partial charge in [0, 0.05) is 28.8 Å². The fourth-order valence-corrected chi connectivity index (χ4v) is 4.42. The number of nitrogens with two attached hydrogens (primary N) is 1. The molecule has 0 aliphatic rings. The average molecular weight is 515 g/mol. The van der Waals surface area contributed by atoms with Gasteiger partial charge in [-0.05, 0) is 55.0 Å². The number of benzene rings is 2. The molecule has 1 unspecified atom stereocenters. The highest BCUT2D eigenvalue weighted by molar-refractivity contribution is 7.10. The van der Waals surface area contributed by atoms with Gasteiger partial charge in [-0.25, -0.2) is 4.39 Å². The molecule has 0 fully saturated rings. The lowest BCUT2D eigenvalue weighted by atomic mass is 10.1. The number of hydrogen-bond donors (Lipinski definition) is 3. The van der Waals surface area contributed by atoms with E-state index >= 15 is 0 Å². The molecule has 3 rings (SSSR count). The predicted octanol–water partition coefficient (Wildman–Crippen LogP) is 4.40. The Labute approximate surface area is 212 Å². The third kappa shape index (κ3) is 7.35. The topological polar surface area (TPSA) is 109 Å². The molecule has 2 amide bonds. The van der Waals surface area contributed by atoms with Crippen LogP contribution in [0.15, 0.2) is 60.0 Å². The Kier molecular flexibility index (Phi) is 9.52. The van der Waals surface area contributed by atoms with E-state index in [9.17, 15) is 18.4 Å². The molecule has 1 atom stereocenters. The van der Waals surface area contributed by atoms with Gasteiger partial charge < -0.3 is 20.7 Å². The summed E-state index contributed by atoms with van der Waals surface area (Å²) in [6.45, 7) is 1.44. The van der Waals surface area contributed by atoms with Gasteiger partial charge in [-0.1, -0.05) is 12.1 Å². The van der Waals surface area contributed by atoms with Crippen molar-refractivity contribution in [3.63, 3.8) is 0 Å². The molecule has 1 aromatic heterocycles. The Bertz CT molecular complexity index is 1180. The number of amides is 2. The minimum absolute atomic E-state index is 0.0353. The van der Waals surface area contributed by atoms with E-state index < -0.39 is 18.6 Å². The zero-order valence-corrected chi connectivity index (χ0v) is 20.6. The first-order chi connectivity index (χ1) is 17.3. The van der Waals surface area contributed by atoms with Gasteiger partial charge in [0.2, 0.25) is 11.8 Å². The largest absolute Gasteiger partial charge is 0.457 e. The number of amidine groups is 1. The second-order valence-corrected chi connectivity index (χ2v) is 8.98. The molecular formula is C26H28F2N4O3S. The highest BCUT2D eigenvalue weighted by Gasteiger charge is 2.28. The van der Waals surface area contributed by atoms with Gasteiger partial charge >= 0.3 is 0 Å². The first kappa shape index (κ1) is 26.8. The van der Waals surface area contributed by atoms with Gasteiger partial charge in [-0.2, -0.15) is 0 Å². The number of nitrogens with one attached hydrogen (secondary N) is 2. The molecule has 10 heteroatoms. The van der Waals surface area contributed by atoms with Crippen LogP contribution in [0.25, 0.3) is 0 Å². The van der Waals surface area contributed by atoms with E-state index in [0.717, 1.165) is 4.88 Å². The van der Waals surface area contributed by atoms with Crippen LogP contribution in [0.1, 0.15) is 29.3 Å². The van der Waals surface area contributed by atoms with E-state index in [0.29, 0.717) is 22.6 Å². The lowest BCUT2D eigenvalue weighted by molar-refractivity contribution is -0.140. The van der Waals surface area contributed by atoms with Crippen LogP contribution in [0.4, 0.5) is 8.78 Å². The van der Waals surface area contributed by atoms with E-state index in [4.69, 9.17) is 15.9 Å². The van der Waals surface area contributed by atoms with Gasteiger partial charge in [0.05, 0.1) is 19.6 Å². The third-order valence-electron chi connectivity index (χ3n) is 5.45. The zero-order chi connectivity index (χ0) is 26.1. The molecule has 0 radical (unpaired) electrons. The molecule has 0 aliphatic heterocycles. The fraction of sp³-hybridized carbons (Fsp3) is 0.269. The SMILES string of the molecule is CCN(C(=O)Cc1ccc(Oc2ccc(F)cc2)cc1)C(CCF)C(=O)NCc1cc(C(=N)N)cs1. The lowest BCUT2D eigenvalue weighted by Gasteiger charge is -2.29. The van der Waals surface area contributed by atoms with Crippen molar-refractivity contribution in [1.82, 2.24) is 10.2 Å². The quantitative estimate of drug-likeness (QED) is 0.246. The summed E-state index contributed by atoms with van der Waals surface area (Å²) >= 11 is 1.35. The van der Waals surface area contributed by atoms with E-state index in [1.54, 1.807) is 42.6 Å². The lowest BCUT2D eigenvalue weighted by Crippen LogP contribution is -2.50. The molecule has 3 aromatic rings. The standard InChI is InChI=1S/C26H28F2N4O3S/c1-2-32(23(11-12-27)26(34)31-15-22-14-18(16-36-22)25(29)30)24(33)13-17-3-7-20(8-4-17)35-21-9-5-19(28)6-10-21/h3-10,14,16,23H,2,11-13,15H2,1H3,(H3,29,30)(H,31,34). The molecule has 2 aromatic carbocycles.